The van der Waals surface area contributed by atoms with Crippen LogP contribution >= 0.6 is 15.9 Å². The molecular formula is C15H14BrN3O2. The summed E-state index contributed by atoms with van der Waals surface area (Å²) < 4.78 is 0.889. The van der Waals surface area contributed by atoms with Gasteiger partial charge in [0.25, 0.3) is 5.91 Å². The van der Waals surface area contributed by atoms with Gasteiger partial charge < -0.3 is 0 Å². The molecule has 0 saturated carbocycles. The highest BCUT2D eigenvalue weighted by Gasteiger charge is 2.07. The summed E-state index contributed by atoms with van der Waals surface area (Å²) in [5.74, 6) is -0.586. The summed E-state index contributed by atoms with van der Waals surface area (Å²) in [4.78, 5) is 27.4. The van der Waals surface area contributed by atoms with E-state index in [1.807, 2.05) is 12.1 Å². The van der Waals surface area contributed by atoms with Gasteiger partial charge in [0.15, 0.2) is 0 Å². The normalized spacial score (nSPS) is 9.95. The van der Waals surface area contributed by atoms with E-state index in [1.165, 1.54) is 0 Å². The van der Waals surface area contributed by atoms with Crippen LogP contribution in [0.4, 0.5) is 0 Å². The molecule has 2 aromatic rings. The Labute approximate surface area is 130 Å². The van der Waals surface area contributed by atoms with E-state index in [1.54, 1.807) is 36.7 Å². The van der Waals surface area contributed by atoms with E-state index in [4.69, 9.17) is 0 Å². The van der Waals surface area contributed by atoms with Crippen molar-refractivity contribution in [3.8, 4) is 0 Å². The first-order chi connectivity index (χ1) is 10.1. The molecule has 0 aliphatic carbocycles. The standard InChI is InChI=1S/C15H14BrN3O2/c16-13-4-2-12(3-5-13)15(21)19-18-14(20)6-1-11-7-9-17-10-8-11/h2-5,7-10H,1,6H2,(H,18,20)(H,19,21). The largest absolute Gasteiger partial charge is 0.273 e. The van der Waals surface area contributed by atoms with Crippen LogP contribution in [-0.4, -0.2) is 16.8 Å². The highest BCUT2D eigenvalue weighted by Crippen LogP contribution is 2.10. The molecule has 2 amide bonds. The van der Waals surface area contributed by atoms with E-state index < -0.39 is 0 Å². The number of halogens is 1. The molecule has 0 aliphatic rings. The number of hydrogen-bond acceptors (Lipinski definition) is 3. The molecule has 108 valence electrons. The SMILES string of the molecule is O=C(CCc1ccncc1)NNC(=O)c1ccc(Br)cc1. The number of carbonyl (C=O) groups is 2. The van der Waals surface area contributed by atoms with Gasteiger partial charge in [-0.2, -0.15) is 0 Å². The number of hydrogen-bond donors (Lipinski definition) is 2. The van der Waals surface area contributed by atoms with Gasteiger partial charge in [0.05, 0.1) is 0 Å². The Morgan fingerprint density at radius 3 is 2.33 bits per heavy atom. The molecule has 0 aliphatic heterocycles. The molecule has 0 unspecified atom stereocenters. The Kier molecular flexibility index (Phi) is 5.45. The lowest BCUT2D eigenvalue weighted by molar-refractivity contribution is -0.121. The maximum absolute atomic E-state index is 11.8. The number of amides is 2. The predicted molar refractivity (Wildman–Crippen MR) is 82.3 cm³/mol. The number of pyridine rings is 1. The van der Waals surface area contributed by atoms with E-state index in [0.717, 1.165) is 10.0 Å². The van der Waals surface area contributed by atoms with E-state index in [0.29, 0.717) is 18.4 Å². The number of aromatic nitrogens is 1. The third kappa shape index (κ3) is 5.00. The summed E-state index contributed by atoms with van der Waals surface area (Å²) in [6.45, 7) is 0. The average Bonchev–Trinajstić information content (AvgIpc) is 2.52. The Balaban J connectivity index is 1.76. The van der Waals surface area contributed by atoms with E-state index in [2.05, 4.69) is 31.8 Å². The van der Waals surface area contributed by atoms with Gasteiger partial charge in [-0.1, -0.05) is 15.9 Å². The van der Waals surface area contributed by atoms with Crippen molar-refractivity contribution in [1.82, 2.24) is 15.8 Å². The summed E-state index contributed by atoms with van der Waals surface area (Å²) in [7, 11) is 0. The molecule has 5 nitrogen and oxygen atoms in total. The minimum Gasteiger partial charge on any atom is -0.273 e. The molecule has 0 atom stereocenters. The molecule has 0 bridgehead atoms. The molecule has 2 rings (SSSR count). The van der Waals surface area contributed by atoms with Crippen LogP contribution in [-0.2, 0) is 11.2 Å². The van der Waals surface area contributed by atoms with Crippen molar-refractivity contribution >= 4 is 27.7 Å². The Bertz CT molecular complexity index is 615. The number of hydrazine groups is 1. The highest BCUT2D eigenvalue weighted by molar-refractivity contribution is 9.10. The van der Waals surface area contributed by atoms with Crippen molar-refractivity contribution in [2.45, 2.75) is 12.8 Å². The third-order valence-corrected chi connectivity index (χ3v) is 3.34. The van der Waals surface area contributed by atoms with Crippen LogP contribution in [0.5, 0.6) is 0 Å². The second-order valence-corrected chi connectivity index (χ2v) is 5.28. The van der Waals surface area contributed by atoms with Crippen molar-refractivity contribution in [2.24, 2.45) is 0 Å². The smallest absolute Gasteiger partial charge is 0.269 e. The molecular weight excluding hydrogens is 334 g/mol. The fourth-order valence-electron chi connectivity index (χ4n) is 1.67. The Morgan fingerprint density at radius 1 is 1.00 bits per heavy atom. The summed E-state index contributed by atoms with van der Waals surface area (Å²) >= 11 is 3.29. The van der Waals surface area contributed by atoms with Gasteiger partial charge in [-0.05, 0) is 48.4 Å². The summed E-state index contributed by atoms with van der Waals surface area (Å²) in [5.41, 5.74) is 6.29. The second kappa shape index (κ2) is 7.54. The first-order valence-corrected chi connectivity index (χ1v) is 7.18. The quantitative estimate of drug-likeness (QED) is 0.833. The Hall–Kier alpha value is -2.21. The average molecular weight is 348 g/mol. The van der Waals surface area contributed by atoms with Gasteiger partial charge in [-0.15, -0.1) is 0 Å². The van der Waals surface area contributed by atoms with Gasteiger partial charge in [0, 0.05) is 28.9 Å². The van der Waals surface area contributed by atoms with Crippen LogP contribution in [0.2, 0.25) is 0 Å². The zero-order valence-electron chi connectivity index (χ0n) is 11.2. The maximum atomic E-state index is 11.8. The van der Waals surface area contributed by atoms with Crippen LogP contribution in [0.1, 0.15) is 22.3 Å². The number of benzene rings is 1. The third-order valence-electron chi connectivity index (χ3n) is 2.81. The predicted octanol–water partition coefficient (Wildman–Crippen LogP) is 2.24. The van der Waals surface area contributed by atoms with Crippen LogP contribution in [0.3, 0.4) is 0 Å². The molecule has 1 aromatic heterocycles. The topological polar surface area (TPSA) is 71.1 Å². The molecule has 0 saturated heterocycles. The van der Waals surface area contributed by atoms with Gasteiger partial charge >= 0.3 is 0 Å². The number of nitrogens with one attached hydrogen (secondary N) is 2. The van der Waals surface area contributed by atoms with Crippen LogP contribution in [0.25, 0.3) is 0 Å². The van der Waals surface area contributed by atoms with Crippen molar-refractivity contribution in [3.63, 3.8) is 0 Å². The zero-order chi connectivity index (χ0) is 15.1. The molecule has 0 radical (unpaired) electrons. The Morgan fingerprint density at radius 2 is 1.67 bits per heavy atom. The number of nitrogens with zero attached hydrogens (tertiary/aromatic N) is 1. The molecule has 2 N–H and O–H groups in total. The maximum Gasteiger partial charge on any atom is 0.269 e. The van der Waals surface area contributed by atoms with Crippen molar-refractivity contribution in [2.75, 3.05) is 0 Å². The first-order valence-electron chi connectivity index (χ1n) is 6.39. The number of aryl methyl sites for hydroxylation is 1. The van der Waals surface area contributed by atoms with Crippen LogP contribution < -0.4 is 10.9 Å². The minimum absolute atomic E-state index is 0.239. The van der Waals surface area contributed by atoms with Gasteiger partial charge in [0.1, 0.15) is 0 Å². The highest BCUT2D eigenvalue weighted by atomic mass is 79.9. The summed E-state index contributed by atoms with van der Waals surface area (Å²) in [6.07, 6.45) is 4.26. The van der Waals surface area contributed by atoms with Gasteiger partial charge in [-0.3, -0.25) is 25.4 Å². The second-order valence-electron chi connectivity index (χ2n) is 4.36. The van der Waals surface area contributed by atoms with Crippen LogP contribution in [0, 0.1) is 0 Å². The molecule has 1 aromatic carbocycles. The van der Waals surface area contributed by atoms with Crippen molar-refractivity contribution in [3.05, 3.63) is 64.4 Å². The summed E-state index contributed by atoms with van der Waals surface area (Å²) in [5, 5.41) is 0. The molecule has 0 spiro atoms. The molecule has 6 heteroatoms. The van der Waals surface area contributed by atoms with Crippen molar-refractivity contribution in [1.29, 1.82) is 0 Å². The van der Waals surface area contributed by atoms with E-state index in [9.17, 15) is 9.59 Å². The molecule has 1 heterocycles. The lowest BCUT2D eigenvalue weighted by Crippen LogP contribution is -2.41. The van der Waals surface area contributed by atoms with Crippen molar-refractivity contribution < 1.29 is 9.59 Å². The summed E-state index contributed by atoms with van der Waals surface area (Å²) in [6, 6.07) is 10.6. The minimum atomic E-state index is -0.347. The lowest BCUT2D eigenvalue weighted by atomic mass is 10.1. The number of carbonyl (C=O) groups excluding carboxylic acids is 2. The van der Waals surface area contributed by atoms with Gasteiger partial charge in [0.2, 0.25) is 5.91 Å². The van der Waals surface area contributed by atoms with Gasteiger partial charge in [-0.25, -0.2) is 0 Å². The molecule has 21 heavy (non-hydrogen) atoms. The first kappa shape index (κ1) is 15.2. The fraction of sp³-hybridized carbons (Fsp3) is 0.133. The van der Waals surface area contributed by atoms with Crippen LogP contribution in [0.15, 0.2) is 53.3 Å². The lowest BCUT2D eigenvalue weighted by Gasteiger charge is -2.07. The zero-order valence-corrected chi connectivity index (χ0v) is 12.8. The fourth-order valence-corrected chi connectivity index (χ4v) is 1.93. The van der Waals surface area contributed by atoms with E-state index in [-0.39, 0.29) is 11.8 Å². The molecule has 0 fully saturated rings. The van der Waals surface area contributed by atoms with E-state index >= 15 is 0 Å². The number of rotatable bonds is 4. The monoisotopic (exact) mass is 347 g/mol.